The number of hydrogen-bond donors (Lipinski definition) is 0. The fourth-order valence-corrected chi connectivity index (χ4v) is 3.64. The van der Waals surface area contributed by atoms with Gasteiger partial charge in [0.1, 0.15) is 5.60 Å². The molecule has 1 spiro atoms. The summed E-state index contributed by atoms with van der Waals surface area (Å²) in [5.41, 5.74) is 0.520. The standard InChI is InChI=1S/C17H25N3O3/c1-16(2,3)23-15(22)19-6-4-17(5-7-19)8-14(9-17)20-11-13(12-21)10-18-20/h10-12,14H,4-9H2,1-3H3. The molecule has 1 aromatic heterocycles. The van der Waals surface area contributed by atoms with E-state index < -0.39 is 5.60 Å². The molecule has 3 rings (SSSR count). The summed E-state index contributed by atoms with van der Waals surface area (Å²) in [6.07, 6.45) is 8.26. The molecule has 2 aliphatic rings. The van der Waals surface area contributed by atoms with Gasteiger partial charge in [0.2, 0.25) is 0 Å². The van der Waals surface area contributed by atoms with Crippen molar-refractivity contribution in [1.29, 1.82) is 0 Å². The third-order valence-corrected chi connectivity index (χ3v) is 4.94. The number of carbonyl (C=O) groups is 2. The summed E-state index contributed by atoms with van der Waals surface area (Å²) in [7, 11) is 0. The quantitative estimate of drug-likeness (QED) is 0.786. The fourth-order valence-electron chi connectivity index (χ4n) is 3.64. The van der Waals surface area contributed by atoms with Crippen LogP contribution in [0.2, 0.25) is 0 Å². The summed E-state index contributed by atoms with van der Waals surface area (Å²) >= 11 is 0. The molecule has 1 aliphatic heterocycles. The van der Waals surface area contributed by atoms with Crippen LogP contribution >= 0.6 is 0 Å². The van der Waals surface area contributed by atoms with Crippen LogP contribution in [-0.4, -0.2) is 45.8 Å². The first-order valence-corrected chi connectivity index (χ1v) is 8.28. The molecule has 0 bridgehead atoms. The van der Waals surface area contributed by atoms with Gasteiger partial charge in [-0.1, -0.05) is 0 Å². The third-order valence-electron chi connectivity index (χ3n) is 4.94. The van der Waals surface area contributed by atoms with Crippen molar-refractivity contribution in [3.63, 3.8) is 0 Å². The van der Waals surface area contributed by atoms with Gasteiger partial charge in [-0.15, -0.1) is 0 Å². The van der Waals surface area contributed by atoms with Gasteiger partial charge < -0.3 is 9.64 Å². The molecule has 2 heterocycles. The normalized spacial score (nSPS) is 21.1. The molecule has 1 saturated heterocycles. The minimum atomic E-state index is -0.440. The highest BCUT2D eigenvalue weighted by Gasteiger charge is 2.47. The van der Waals surface area contributed by atoms with Crippen LogP contribution in [0.4, 0.5) is 4.79 Å². The van der Waals surface area contributed by atoms with Crippen molar-refractivity contribution in [3.05, 3.63) is 18.0 Å². The molecule has 1 saturated carbocycles. The van der Waals surface area contributed by atoms with E-state index >= 15 is 0 Å². The van der Waals surface area contributed by atoms with Crippen LogP contribution in [0, 0.1) is 5.41 Å². The van der Waals surface area contributed by atoms with E-state index in [1.165, 1.54) is 0 Å². The Morgan fingerprint density at radius 2 is 2.00 bits per heavy atom. The van der Waals surface area contributed by atoms with E-state index in [1.807, 2.05) is 36.5 Å². The second-order valence-electron chi connectivity index (χ2n) is 7.90. The van der Waals surface area contributed by atoms with Crippen molar-refractivity contribution in [3.8, 4) is 0 Å². The Kier molecular flexibility index (Phi) is 3.94. The summed E-state index contributed by atoms with van der Waals surface area (Å²) in [5.74, 6) is 0. The molecule has 1 aliphatic carbocycles. The van der Waals surface area contributed by atoms with Gasteiger partial charge in [-0.05, 0) is 51.9 Å². The maximum Gasteiger partial charge on any atom is 0.410 e. The Morgan fingerprint density at radius 3 is 2.52 bits per heavy atom. The Hall–Kier alpha value is -1.85. The van der Waals surface area contributed by atoms with E-state index in [0.717, 1.165) is 45.1 Å². The van der Waals surface area contributed by atoms with E-state index in [4.69, 9.17) is 4.74 Å². The summed E-state index contributed by atoms with van der Waals surface area (Å²) in [5, 5.41) is 4.27. The summed E-state index contributed by atoms with van der Waals surface area (Å²) in [4.78, 5) is 24.7. The van der Waals surface area contributed by atoms with Gasteiger partial charge in [0.05, 0.1) is 17.8 Å². The Morgan fingerprint density at radius 1 is 1.35 bits per heavy atom. The zero-order chi connectivity index (χ0) is 16.7. The minimum Gasteiger partial charge on any atom is -0.444 e. The first-order valence-electron chi connectivity index (χ1n) is 8.28. The Balaban J connectivity index is 1.50. The fraction of sp³-hybridized carbons (Fsp3) is 0.706. The van der Waals surface area contributed by atoms with Crippen molar-refractivity contribution in [1.82, 2.24) is 14.7 Å². The zero-order valence-electron chi connectivity index (χ0n) is 14.1. The highest BCUT2D eigenvalue weighted by atomic mass is 16.6. The zero-order valence-corrected chi connectivity index (χ0v) is 14.1. The molecule has 0 atom stereocenters. The van der Waals surface area contributed by atoms with Crippen LogP contribution in [0.25, 0.3) is 0 Å². The minimum absolute atomic E-state index is 0.203. The molecule has 2 fully saturated rings. The predicted octanol–water partition coefficient (Wildman–Crippen LogP) is 3.05. The molecule has 0 N–H and O–H groups in total. The average molecular weight is 319 g/mol. The van der Waals surface area contributed by atoms with Gasteiger partial charge in [0, 0.05) is 19.3 Å². The maximum absolute atomic E-state index is 12.1. The van der Waals surface area contributed by atoms with Gasteiger partial charge >= 0.3 is 6.09 Å². The average Bonchev–Trinajstić information content (AvgIpc) is 2.91. The van der Waals surface area contributed by atoms with E-state index in [0.29, 0.717) is 17.0 Å². The summed E-state index contributed by atoms with van der Waals surface area (Å²) in [6.45, 7) is 7.21. The van der Waals surface area contributed by atoms with Gasteiger partial charge in [0.25, 0.3) is 0 Å². The number of amides is 1. The number of hydrogen-bond acceptors (Lipinski definition) is 4. The van der Waals surface area contributed by atoms with Crippen LogP contribution in [0.15, 0.2) is 12.4 Å². The summed E-state index contributed by atoms with van der Waals surface area (Å²) in [6, 6.07) is 0.386. The smallest absolute Gasteiger partial charge is 0.410 e. The molecule has 23 heavy (non-hydrogen) atoms. The largest absolute Gasteiger partial charge is 0.444 e. The molecule has 6 heteroatoms. The highest BCUT2D eigenvalue weighted by molar-refractivity contribution is 5.73. The van der Waals surface area contributed by atoms with Crippen molar-refractivity contribution in [2.75, 3.05) is 13.1 Å². The molecule has 6 nitrogen and oxygen atoms in total. The number of nitrogens with zero attached hydrogens (tertiary/aromatic N) is 3. The number of likely N-dealkylation sites (tertiary alicyclic amines) is 1. The second-order valence-corrected chi connectivity index (χ2v) is 7.90. The maximum atomic E-state index is 12.1. The first-order chi connectivity index (χ1) is 10.8. The van der Waals surface area contributed by atoms with E-state index in [-0.39, 0.29) is 6.09 Å². The Bertz CT molecular complexity index is 586. The van der Waals surface area contributed by atoms with Crippen molar-refractivity contribution in [2.45, 2.75) is 58.1 Å². The van der Waals surface area contributed by atoms with Crippen molar-refractivity contribution < 1.29 is 14.3 Å². The monoisotopic (exact) mass is 319 g/mol. The van der Waals surface area contributed by atoms with E-state index in [2.05, 4.69) is 5.10 Å². The third kappa shape index (κ3) is 3.41. The van der Waals surface area contributed by atoms with Crippen LogP contribution in [0.3, 0.4) is 0 Å². The molecule has 1 amide bonds. The molecular weight excluding hydrogens is 294 g/mol. The van der Waals surface area contributed by atoms with E-state index in [9.17, 15) is 9.59 Å². The molecule has 0 aromatic carbocycles. The number of aromatic nitrogens is 2. The lowest BCUT2D eigenvalue weighted by Gasteiger charge is -2.52. The number of piperidine rings is 1. The van der Waals surface area contributed by atoms with Gasteiger partial charge in [-0.3, -0.25) is 9.48 Å². The van der Waals surface area contributed by atoms with Crippen molar-refractivity contribution in [2.24, 2.45) is 5.41 Å². The second kappa shape index (κ2) is 5.65. The highest BCUT2D eigenvalue weighted by Crippen LogP contribution is 2.54. The van der Waals surface area contributed by atoms with Crippen LogP contribution in [0.5, 0.6) is 0 Å². The Labute approximate surface area is 136 Å². The van der Waals surface area contributed by atoms with Crippen LogP contribution in [-0.2, 0) is 4.74 Å². The molecular formula is C17H25N3O3. The number of ether oxygens (including phenoxy) is 1. The van der Waals surface area contributed by atoms with Crippen molar-refractivity contribution >= 4 is 12.4 Å². The number of aldehydes is 1. The van der Waals surface area contributed by atoms with Crippen LogP contribution < -0.4 is 0 Å². The lowest BCUT2D eigenvalue weighted by atomic mass is 9.60. The number of carbonyl (C=O) groups excluding carboxylic acids is 2. The molecule has 0 radical (unpaired) electrons. The first kappa shape index (κ1) is 16.0. The molecule has 1 aromatic rings. The molecule has 0 unspecified atom stereocenters. The number of rotatable bonds is 2. The topological polar surface area (TPSA) is 64.4 Å². The van der Waals surface area contributed by atoms with Gasteiger partial charge in [-0.2, -0.15) is 5.10 Å². The van der Waals surface area contributed by atoms with Gasteiger partial charge in [-0.25, -0.2) is 4.79 Å². The SMILES string of the molecule is CC(C)(C)OC(=O)N1CCC2(CC1)CC(n1cc(C=O)cn1)C2. The summed E-state index contributed by atoms with van der Waals surface area (Å²) < 4.78 is 7.35. The van der Waals surface area contributed by atoms with Crippen LogP contribution in [0.1, 0.15) is 62.9 Å². The van der Waals surface area contributed by atoms with Gasteiger partial charge in [0.15, 0.2) is 6.29 Å². The molecule has 126 valence electrons. The lowest BCUT2D eigenvalue weighted by Crippen LogP contribution is -2.50. The van der Waals surface area contributed by atoms with E-state index in [1.54, 1.807) is 6.20 Å². The predicted molar refractivity (Wildman–Crippen MR) is 85.4 cm³/mol. The lowest BCUT2D eigenvalue weighted by molar-refractivity contribution is -0.0258.